The Kier molecular flexibility index (Phi) is 19.4. The number of benzene rings is 1. The maximum atomic E-state index is 12.6. The van der Waals surface area contributed by atoms with Crippen molar-refractivity contribution in [3.8, 4) is 0 Å². The Labute approximate surface area is 236 Å². The summed E-state index contributed by atoms with van der Waals surface area (Å²) in [6.07, 6.45) is 31.3. The van der Waals surface area contributed by atoms with E-state index in [-0.39, 0.29) is 5.97 Å². The van der Waals surface area contributed by atoms with Gasteiger partial charge in [-0.05, 0) is 25.1 Å². The number of esters is 1. The van der Waals surface area contributed by atoms with Crippen LogP contribution in [0.4, 0.5) is 0 Å². The standard InChI is InChI=1S/C35H61NO2/c1-2-3-4-5-6-7-8-9-10-11-12-13-14-15-16-17-18-19-20-21-25-28-34(37)38-35(29-31-36-32-30-35)33-26-23-22-24-27-33/h22-24,26-27,36H,2-21,25,28-32H2,1H3. The molecule has 0 bridgehead atoms. The molecule has 0 unspecified atom stereocenters. The van der Waals surface area contributed by atoms with Crippen LogP contribution in [-0.2, 0) is 15.1 Å². The molecule has 1 N–H and O–H groups in total. The first-order valence-electron chi connectivity index (χ1n) is 16.7. The number of piperidine rings is 1. The van der Waals surface area contributed by atoms with E-state index in [1.54, 1.807) is 0 Å². The van der Waals surface area contributed by atoms with E-state index in [4.69, 9.17) is 4.74 Å². The molecular weight excluding hydrogens is 466 g/mol. The van der Waals surface area contributed by atoms with Gasteiger partial charge in [-0.1, -0.05) is 166 Å². The molecule has 0 aromatic heterocycles. The van der Waals surface area contributed by atoms with Crippen LogP contribution in [0.1, 0.15) is 167 Å². The van der Waals surface area contributed by atoms with E-state index >= 15 is 0 Å². The average molecular weight is 528 g/mol. The van der Waals surface area contributed by atoms with Crippen LogP contribution in [-0.4, -0.2) is 19.1 Å². The Balaban J connectivity index is 1.34. The minimum Gasteiger partial charge on any atom is -0.454 e. The molecule has 3 heteroatoms. The van der Waals surface area contributed by atoms with Crippen LogP contribution in [0.15, 0.2) is 30.3 Å². The summed E-state index contributed by atoms with van der Waals surface area (Å²) < 4.78 is 6.13. The van der Waals surface area contributed by atoms with Crippen molar-refractivity contribution in [1.29, 1.82) is 0 Å². The second-order valence-corrected chi connectivity index (χ2v) is 11.9. The largest absolute Gasteiger partial charge is 0.454 e. The lowest BCUT2D eigenvalue weighted by atomic mass is 9.84. The van der Waals surface area contributed by atoms with Gasteiger partial charge in [-0.25, -0.2) is 0 Å². The average Bonchev–Trinajstić information content (AvgIpc) is 2.95. The molecule has 38 heavy (non-hydrogen) atoms. The Hall–Kier alpha value is -1.35. The molecule has 1 saturated heterocycles. The van der Waals surface area contributed by atoms with Crippen LogP contribution in [0.2, 0.25) is 0 Å². The zero-order valence-electron chi connectivity index (χ0n) is 25.1. The van der Waals surface area contributed by atoms with Gasteiger partial charge in [-0.2, -0.15) is 0 Å². The van der Waals surface area contributed by atoms with Crippen LogP contribution < -0.4 is 5.32 Å². The first kappa shape index (κ1) is 32.9. The SMILES string of the molecule is CCCCCCCCCCCCCCCCCCCCCCCC(=O)OC1(c2ccccc2)CCNCC1. The highest BCUT2D eigenvalue weighted by molar-refractivity contribution is 5.70. The van der Waals surface area contributed by atoms with Gasteiger partial charge in [0, 0.05) is 19.3 Å². The number of hydrogen-bond acceptors (Lipinski definition) is 3. The summed E-state index contributed by atoms with van der Waals surface area (Å²) >= 11 is 0. The number of carbonyl (C=O) groups excluding carboxylic acids is 1. The fourth-order valence-corrected chi connectivity index (χ4v) is 5.99. The van der Waals surface area contributed by atoms with Gasteiger partial charge in [0.2, 0.25) is 0 Å². The lowest BCUT2D eigenvalue weighted by Crippen LogP contribution is -2.43. The van der Waals surface area contributed by atoms with Gasteiger partial charge in [-0.15, -0.1) is 0 Å². The van der Waals surface area contributed by atoms with Gasteiger partial charge in [0.05, 0.1) is 0 Å². The maximum Gasteiger partial charge on any atom is 0.306 e. The van der Waals surface area contributed by atoms with E-state index in [9.17, 15) is 4.79 Å². The monoisotopic (exact) mass is 527 g/mol. The molecule has 2 rings (SSSR count). The third kappa shape index (κ3) is 15.3. The molecule has 0 radical (unpaired) electrons. The first-order valence-corrected chi connectivity index (χ1v) is 16.7. The minimum atomic E-state index is -0.434. The summed E-state index contributed by atoms with van der Waals surface area (Å²) in [5.74, 6) is -0.0199. The summed E-state index contributed by atoms with van der Waals surface area (Å²) in [6, 6.07) is 10.3. The van der Waals surface area contributed by atoms with Crippen molar-refractivity contribution in [2.24, 2.45) is 0 Å². The lowest BCUT2D eigenvalue weighted by Gasteiger charge is -2.37. The third-order valence-corrected chi connectivity index (χ3v) is 8.50. The molecular formula is C35H61NO2. The van der Waals surface area contributed by atoms with E-state index in [2.05, 4.69) is 24.4 Å². The Morgan fingerprint density at radius 2 is 1.03 bits per heavy atom. The molecule has 1 heterocycles. The number of carbonyl (C=O) groups is 1. The predicted octanol–water partition coefficient (Wildman–Crippen LogP) is 10.4. The topological polar surface area (TPSA) is 38.3 Å². The summed E-state index contributed by atoms with van der Waals surface area (Å²) in [6.45, 7) is 4.10. The van der Waals surface area contributed by atoms with Gasteiger partial charge in [0.1, 0.15) is 5.60 Å². The van der Waals surface area contributed by atoms with Crippen LogP contribution >= 0.6 is 0 Å². The molecule has 0 saturated carbocycles. The molecule has 1 aliphatic rings. The van der Waals surface area contributed by atoms with Crippen LogP contribution in [0.3, 0.4) is 0 Å². The summed E-state index contributed by atoms with van der Waals surface area (Å²) in [5, 5.41) is 3.40. The summed E-state index contributed by atoms with van der Waals surface area (Å²) in [7, 11) is 0. The van der Waals surface area contributed by atoms with Crippen molar-refractivity contribution in [3.05, 3.63) is 35.9 Å². The van der Waals surface area contributed by atoms with Gasteiger partial charge in [-0.3, -0.25) is 4.79 Å². The first-order chi connectivity index (χ1) is 18.8. The van der Waals surface area contributed by atoms with Crippen molar-refractivity contribution in [2.75, 3.05) is 13.1 Å². The van der Waals surface area contributed by atoms with Crippen molar-refractivity contribution < 1.29 is 9.53 Å². The summed E-state index contributed by atoms with van der Waals surface area (Å²) in [5.41, 5.74) is 0.713. The molecule has 0 spiro atoms. The van der Waals surface area contributed by atoms with Gasteiger partial charge in [0.25, 0.3) is 0 Å². The molecule has 1 fully saturated rings. The zero-order chi connectivity index (χ0) is 27.0. The number of rotatable bonds is 24. The Morgan fingerprint density at radius 1 is 0.632 bits per heavy atom. The molecule has 218 valence electrons. The summed E-state index contributed by atoms with van der Waals surface area (Å²) in [4.78, 5) is 12.6. The highest BCUT2D eigenvalue weighted by Crippen LogP contribution is 2.35. The van der Waals surface area contributed by atoms with Crippen molar-refractivity contribution >= 4 is 5.97 Å². The van der Waals surface area contributed by atoms with E-state index in [0.717, 1.165) is 44.3 Å². The molecule has 0 aliphatic carbocycles. The van der Waals surface area contributed by atoms with Gasteiger partial charge >= 0.3 is 5.97 Å². The molecule has 1 aromatic carbocycles. The molecule has 3 nitrogen and oxygen atoms in total. The third-order valence-electron chi connectivity index (χ3n) is 8.50. The molecule has 1 aromatic rings. The Morgan fingerprint density at radius 3 is 1.45 bits per heavy atom. The van der Waals surface area contributed by atoms with E-state index in [1.807, 2.05) is 18.2 Å². The maximum absolute atomic E-state index is 12.6. The van der Waals surface area contributed by atoms with Crippen LogP contribution in [0.25, 0.3) is 0 Å². The second-order valence-electron chi connectivity index (χ2n) is 11.9. The van der Waals surface area contributed by atoms with Gasteiger partial charge in [0.15, 0.2) is 0 Å². The normalized spacial score (nSPS) is 15.0. The Bertz CT molecular complexity index is 668. The van der Waals surface area contributed by atoms with Gasteiger partial charge < -0.3 is 10.1 Å². The highest BCUT2D eigenvalue weighted by atomic mass is 16.6. The van der Waals surface area contributed by atoms with Crippen molar-refractivity contribution in [2.45, 2.75) is 167 Å². The molecule has 0 amide bonds. The van der Waals surface area contributed by atoms with E-state index < -0.39 is 5.60 Å². The van der Waals surface area contributed by atoms with Crippen molar-refractivity contribution in [3.63, 3.8) is 0 Å². The quantitative estimate of drug-likeness (QED) is 0.107. The number of nitrogens with one attached hydrogen (secondary N) is 1. The highest BCUT2D eigenvalue weighted by Gasteiger charge is 2.37. The number of unbranched alkanes of at least 4 members (excludes halogenated alkanes) is 20. The van der Waals surface area contributed by atoms with E-state index in [1.165, 1.54) is 122 Å². The van der Waals surface area contributed by atoms with Crippen LogP contribution in [0, 0.1) is 0 Å². The smallest absolute Gasteiger partial charge is 0.306 e. The molecule has 0 atom stereocenters. The minimum absolute atomic E-state index is 0.0199. The predicted molar refractivity (Wildman–Crippen MR) is 164 cm³/mol. The number of hydrogen-bond donors (Lipinski definition) is 1. The second kappa shape index (κ2) is 22.5. The lowest BCUT2D eigenvalue weighted by molar-refractivity contribution is -0.164. The fraction of sp³-hybridized carbons (Fsp3) is 0.800. The van der Waals surface area contributed by atoms with E-state index in [0.29, 0.717) is 6.42 Å². The van der Waals surface area contributed by atoms with Crippen molar-refractivity contribution in [1.82, 2.24) is 5.32 Å². The van der Waals surface area contributed by atoms with Crippen LogP contribution in [0.5, 0.6) is 0 Å². The number of ether oxygens (including phenoxy) is 1. The fourth-order valence-electron chi connectivity index (χ4n) is 5.99. The molecule has 1 aliphatic heterocycles. The zero-order valence-corrected chi connectivity index (χ0v) is 25.1.